The lowest BCUT2D eigenvalue weighted by molar-refractivity contribution is 0.141. The zero-order valence-electron chi connectivity index (χ0n) is 13.1. The van der Waals surface area contributed by atoms with E-state index in [0.717, 1.165) is 0 Å². The molecule has 0 spiro atoms. The predicted molar refractivity (Wildman–Crippen MR) is 84.9 cm³/mol. The molecule has 1 unspecified atom stereocenters. The van der Waals surface area contributed by atoms with Crippen molar-refractivity contribution in [3.8, 4) is 0 Å². The quantitative estimate of drug-likeness (QED) is 0.874. The molecule has 1 aliphatic heterocycles. The van der Waals surface area contributed by atoms with Gasteiger partial charge in [-0.2, -0.15) is 0 Å². The van der Waals surface area contributed by atoms with Crippen LogP contribution in [0, 0.1) is 6.92 Å². The Labute approximate surface area is 122 Å². The zero-order chi connectivity index (χ0) is 14.3. The van der Waals surface area contributed by atoms with Gasteiger partial charge in [0.2, 0.25) is 0 Å². The van der Waals surface area contributed by atoms with Gasteiger partial charge in [0, 0.05) is 32.9 Å². The summed E-state index contributed by atoms with van der Waals surface area (Å²) >= 11 is 1.91. The lowest BCUT2D eigenvalue weighted by Gasteiger charge is -2.47. The number of aryl methyl sites for hydroxylation is 1. The van der Waals surface area contributed by atoms with E-state index in [-0.39, 0.29) is 11.1 Å². The third-order valence-electron chi connectivity index (χ3n) is 3.86. The molecule has 2 N–H and O–H groups in total. The van der Waals surface area contributed by atoms with E-state index in [9.17, 15) is 0 Å². The third kappa shape index (κ3) is 4.04. The number of piperidine rings is 1. The molecule has 0 radical (unpaired) electrons. The average Bonchev–Trinajstić information content (AvgIpc) is 2.59. The number of hydrogen-bond acceptors (Lipinski definition) is 3. The summed E-state index contributed by atoms with van der Waals surface area (Å²) in [5.74, 6) is 0. The topological polar surface area (TPSA) is 24.1 Å². The number of nitrogens with one attached hydrogen (secondary N) is 2. The maximum absolute atomic E-state index is 3.83. The molecule has 1 saturated heterocycles. The molecule has 0 saturated carbocycles. The fraction of sp³-hybridized carbons (Fsp3) is 0.750. The molecule has 2 rings (SSSR count). The van der Waals surface area contributed by atoms with E-state index in [1.807, 2.05) is 11.3 Å². The normalized spacial score (nSPS) is 24.3. The van der Waals surface area contributed by atoms with Gasteiger partial charge in [0.1, 0.15) is 0 Å². The Balaban J connectivity index is 2.02. The van der Waals surface area contributed by atoms with Crippen molar-refractivity contribution in [1.82, 2.24) is 10.6 Å². The van der Waals surface area contributed by atoms with Gasteiger partial charge in [-0.05, 0) is 66.5 Å². The second-order valence-corrected chi connectivity index (χ2v) is 8.65. The number of thiophene rings is 1. The van der Waals surface area contributed by atoms with Gasteiger partial charge >= 0.3 is 0 Å². The first-order chi connectivity index (χ1) is 8.67. The lowest BCUT2D eigenvalue weighted by Crippen LogP contribution is -2.61. The average molecular weight is 280 g/mol. The second-order valence-electron chi connectivity index (χ2n) is 7.33. The minimum absolute atomic E-state index is 0.213. The second kappa shape index (κ2) is 5.19. The maximum Gasteiger partial charge on any atom is 0.0388 e. The molecule has 108 valence electrons. The third-order valence-corrected chi connectivity index (χ3v) is 5.05. The molecule has 3 heteroatoms. The van der Waals surface area contributed by atoms with Crippen LogP contribution in [-0.2, 0) is 0 Å². The van der Waals surface area contributed by atoms with E-state index in [2.05, 4.69) is 64.3 Å². The Morgan fingerprint density at radius 3 is 2.26 bits per heavy atom. The molecule has 2 nitrogen and oxygen atoms in total. The molecule has 0 aromatic carbocycles. The van der Waals surface area contributed by atoms with E-state index >= 15 is 0 Å². The van der Waals surface area contributed by atoms with Crippen LogP contribution in [-0.4, -0.2) is 17.1 Å². The molecular formula is C16H28N2S. The Morgan fingerprint density at radius 1 is 1.21 bits per heavy atom. The van der Waals surface area contributed by atoms with Gasteiger partial charge in [-0.15, -0.1) is 11.3 Å². The number of rotatable bonds is 3. The highest BCUT2D eigenvalue weighted by atomic mass is 32.1. The van der Waals surface area contributed by atoms with Crippen molar-refractivity contribution in [2.45, 2.75) is 77.5 Å². The zero-order valence-corrected chi connectivity index (χ0v) is 13.9. The van der Waals surface area contributed by atoms with Gasteiger partial charge < -0.3 is 10.6 Å². The van der Waals surface area contributed by atoms with Crippen molar-refractivity contribution < 1.29 is 0 Å². The summed E-state index contributed by atoms with van der Waals surface area (Å²) in [7, 11) is 0. The van der Waals surface area contributed by atoms with Crippen molar-refractivity contribution in [2.75, 3.05) is 0 Å². The molecule has 1 aromatic heterocycles. The monoisotopic (exact) mass is 280 g/mol. The van der Waals surface area contributed by atoms with Crippen LogP contribution in [0.25, 0.3) is 0 Å². The molecule has 1 atom stereocenters. The lowest BCUT2D eigenvalue weighted by atomic mass is 9.79. The summed E-state index contributed by atoms with van der Waals surface area (Å²) in [6.45, 7) is 13.7. The van der Waals surface area contributed by atoms with Gasteiger partial charge in [-0.3, -0.25) is 0 Å². The van der Waals surface area contributed by atoms with E-state index in [1.54, 1.807) is 0 Å². The predicted octanol–water partition coefficient (Wildman–Crippen LogP) is 4.02. The first-order valence-corrected chi connectivity index (χ1v) is 8.10. The standard InChI is InChI=1S/C16H28N2S/c1-11-7-8-14(19-11)12(2)17-13-9-15(3,4)18-16(5,6)10-13/h7-8,12-13,17-18H,9-10H2,1-6H3. The largest absolute Gasteiger partial charge is 0.307 e. The first kappa shape index (κ1) is 15.0. The van der Waals surface area contributed by atoms with Crippen molar-refractivity contribution in [1.29, 1.82) is 0 Å². The van der Waals surface area contributed by atoms with Gasteiger partial charge in [-0.25, -0.2) is 0 Å². The summed E-state index contributed by atoms with van der Waals surface area (Å²) in [5, 5.41) is 7.57. The Bertz CT molecular complexity index is 418. The Hall–Kier alpha value is -0.380. The fourth-order valence-corrected chi connectivity index (χ4v) is 4.45. The van der Waals surface area contributed by atoms with Gasteiger partial charge in [0.25, 0.3) is 0 Å². The van der Waals surface area contributed by atoms with E-state index in [4.69, 9.17) is 0 Å². The summed E-state index contributed by atoms with van der Waals surface area (Å²) in [6, 6.07) is 5.51. The summed E-state index contributed by atoms with van der Waals surface area (Å²) in [5.41, 5.74) is 0.426. The van der Waals surface area contributed by atoms with E-state index in [0.29, 0.717) is 12.1 Å². The molecule has 1 fully saturated rings. The smallest absolute Gasteiger partial charge is 0.0388 e. The van der Waals surface area contributed by atoms with Crippen molar-refractivity contribution >= 4 is 11.3 Å². The van der Waals surface area contributed by atoms with Crippen molar-refractivity contribution in [3.05, 3.63) is 21.9 Å². The van der Waals surface area contributed by atoms with Crippen LogP contribution in [0.4, 0.5) is 0 Å². The van der Waals surface area contributed by atoms with Crippen LogP contribution >= 0.6 is 11.3 Å². The maximum atomic E-state index is 3.83. The SMILES string of the molecule is Cc1ccc(C(C)NC2CC(C)(C)NC(C)(C)C2)s1. The molecular weight excluding hydrogens is 252 g/mol. The van der Waals surface area contributed by atoms with Gasteiger partial charge in [0.05, 0.1) is 0 Å². The molecule has 2 heterocycles. The van der Waals surface area contributed by atoms with Crippen LogP contribution in [0.1, 0.15) is 63.3 Å². The Morgan fingerprint density at radius 2 is 1.79 bits per heavy atom. The molecule has 0 amide bonds. The minimum Gasteiger partial charge on any atom is -0.307 e. The Kier molecular flexibility index (Phi) is 4.10. The highest BCUT2D eigenvalue weighted by molar-refractivity contribution is 7.12. The van der Waals surface area contributed by atoms with Crippen molar-refractivity contribution in [3.63, 3.8) is 0 Å². The molecule has 1 aliphatic rings. The van der Waals surface area contributed by atoms with Crippen LogP contribution < -0.4 is 10.6 Å². The molecule has 19 heavy (non-hydrogen) atoms. The van der Waals surface area contributed by atoms with Crippen LogP contribution in [0.5, 0.6) is 0 Å². The van der Waals surface area contributed by atoms with Crippen molar-refractivity contribution in [2.24, 2.45) is 0 Å². The summed E-state index contributed by atoms with van der Waals surface area (Å²) in [6.07, 6.45) is 2.37. The summed E-state index contributed by atoms with van der Waals surface area (Å²) in [4.78, 5) is 2.85. The highest BCUT2D eigenvalue weighted by Gasteiger charge is 2.37. The van der Waals surface area contributed by atoms with Crippen LogP contribution in [0.3, 0.4) is 0 Å². The van der Waals surface area contributed by atoms with Crippen LogP contribution in [0.2, 0.25) is 0 Å². The molecule has 0 bridgehead atoms. The summed E-state index contributed by atoms with van der Waals surface area (Å²) < 4.78 is 0. The highest BCUT2D eigenvalue weighted by Crippen LogP contribution is 2.31. The van der Waals surface area contributed by atoms with Crippen LogP contribution in [0.15, 0.2) is 12.1 Å². The van der Waals surface area contributed by atoms with E-state index in [1.165, 1.54) is 22.6 Å². The number of hydrogen-bond donors (Lipinski definition) is 2. The first-order valence-electron chi connectivity index (χ1n) is 7.29. The van der Waals surface area contributed by atoms with Gasteiger partial charge in [-0.1, -0.05) is 0 Å². The molecule has 1 aromatic rings. The fourth-order valence-electron chi connectivity index (χ4n) is 3.56. The van der Waals surface area contributed by atoms with E-state index < -0.39 is 0 Å². The molecule has 0 aliphatic carbocycles. The minimum atomic E-state index is 0.213. The van der Waals surface area contributed by atoms with Gasteiger partial charge in [0.15, 0.2) is 0 Å².